The minimum Gasteiger partial charge on any atom is -0.357 e. The molecule has 0 heterocycles. The summed E-state index contributed by atoms with van der Waals surface area (Å²) < 4.78 is 26.1. The van der Waals surface area contributed by atoms with Crippen molar-refractivity contribution >= 4 is 39.1 Å². The van der Waals surface area contributed by atoms with Gasteiger partial charge >= 0.3 is 0 Å². The van der Waals surface area contributed by atoms with E-state index in [2.05, 4.69) is 5.32 Å². The molecule has 31 heavy (non-hydrogen) atoms. The van der Waals surface area contributed by atoms with Crippen molar-refractivity contribution in [3.8, 4) is 0 Å². The highest BCUT2D eigenvalue weighted by molar-refractivity contribution is 7.92. The summed E-state index contributed by atoms with van der Waals surface area (Å²) in [7, 11) is -2.28. The fraction of sp³-hybridized carbons (Fsp3) is 0.364. The molecule has 9 heteroatoms. The second-order valence-corrected chi connectivity index (χ2v) is 9.66. The third kappa shape index (κ3) is 6.70. The van der Waals surface area contributed by atoms with E-state index in [1.54, 1.807) is 26.0 Å². The maximum atomic E-state index is 13.3. The highest BCUT2D eigenvalue weighted by atomic mass is 35.5. The number of nitrogens with one attached hydrogen (secondary N) is 1. The van der Waals surface area contributed by atoms with Gasteiger partial charge < -0.3 is 10.2 Å². The highest BCUT2D eigenvalue weighted by Gasteiger charge is 2.30. The average Bonchev–Trinajstić information content (AvgIpc) is 2.73. The van der Waals surface area contributed by atoms with Gasteiger partial charge in [-0.05, 0) is 43.5 Å². The first-order chi connectivity index (χ1) is 14.5. The molecule has 0 unspecified atom stereocenters. The van der Waals surface area contributed by atoms with Gasteiger partial charge in [-0.2, -0.15) is 0 Å². The Labute approximate surface area is 189 Å². The number of halogens is 1. The summed E-state index contributed by atoms with van der Waals surface area (Å²) in [6.45, 7) is 3.20. The Morgan fingerprint density at radius 2 is 1.77 bits per heavy atom. The lowest BCUT2D eigenvalue weighted by molar-refractivity contribution is -0.138. The molecule has 2 aromatic carbocycles. The zero-order valence-corrected chi connectivity index (χ0v) is 19.7. The zero-order chi connectivity index (χ0) is 23.2. The first-order valence-corrected chi connectivity index (χ1v) is 12.1. The van der Waals surface area contributed by atoms with E-state index >= 15 is 0 Å². The highest BCUT2D eigenvalue weighted by Crippen LogP contribution is 2.26. The summed E-state index contributed by atoms with van der Waals surface area (Å²) in [4.78, 5) is 26.9. The molecule has 0 aliphatic rings. The Balaban J connectivity index is 2.34. The van der Waals surface area contributed by atoms with Crippen LogP contribution in [0, 0.1) is 6.92 Å². The number of carbonyl (C=O) groups is 2. The maximum Gasteiger partial charge on any atom is 0.244 e. The molecule has 0 aromatic heterocycles. The monoisotopic (exact) mass is 465 g/mol. The lowest BCUT2D eigenvalue weighted by Crippen LogP contribution is -2.51. The van der Waals surface area contributed by atoms with E-state index in [-0.39, 0.29) is 12.5 Å². The first kappa shape index (κ1) is 24.7. The van der Waals surface area contributed by atoms with E-state index in [1.807, 2.05) is 30.3 Å². The number of likely N-dealkylation sites (N-methyl/N-ethyl adjacent to an activating group) is 1. The molecule has 0 bridgehead atoms. The van der Waals surface area contributed by atoms with E-state index < -0.39 is 28.5 Å². The molecule has 0 aliphatic carbocycles. The smallest absolute Gasteiger partial charge is 0.244 e. The van der Waals surface area contributed by atoms with Gasteiger partial charge in [0.05, 0.1) is 11.9 Å². The van der Waals surface area contributed by atoms with Crippen LogP contribution in [0.4, 0.5) is 5.69 Å². The minimum atomic E-state index is -3.78. The van der Waals surface area contributed by atoms with Crippen molar-refractivity contribution in [3.63, 3.8) is 0 Å². The molecule has 0 saturated carbocycles. The van der Waals surface area contributed by atoms with Gasteiger partial charge in [0.25, 0.3) is 0 Å². The second kappa shape index (κ2) is 10.6. The molecule has 2 rings (SSSR count). The van der Waals surface area contributed by atoms with Crippen molar-refractivity contribution in [2.24, 2.45) is 0 Å². The third-order valence-electron chi connectivity index (χ3n) is 5.02. The number of hydrogen-bond acceptors (Lipinski definition) is 4. The summed E-state index contributed by atoms with van der Waals surface area (Å²) in [5, 5.41) is 2.91. The standard InChI is InChI=1S/C22H28ClN3O4S/c1-16-10-11-19(23)14-20(16)26(31(4,29)30)15-21(27)25(17(2)22(28)24-3)13-12-18-8-6-5-7-9-18/h5-11,14,17H,12-13,15H2,1-4H3,(H,24,28)/t17-/m1/s1. The van der Waals surface area contributed by atoms with Crippen LogP contribution in [0.5, 0.6) is 0 Å². The van der Waals surface area contributed by atoms with Gasteiger partial charge in [-0.3, -0.25) is 13.9 Å². The van der Waals surface area contributed by atoms with Crippen LogP contribution < -0.4 is 9.62 Å². The molecule has 7 nitrogen and oxygen atoms in total. The molecule has 2 aromatic rings. The van der Waals surface area contributed by atoms with E-state index in [9.17, 15) is 18.0 Å². The van der Waals surface area contributed by atoms with Gasteiger partial charge in [0.1, 0.15) is 12.6 Å². The summed E-state index contributed by atoms with van der Waals surface area (Å²) in [6, 6.07) is 13.7. The van der Waals surface area contributed by atoms with Crippen molar-refractivity contribution in [1.82, 2.24) is 10.2 Å². The predicted molar refractivity (Wildman–Crippen MR) is 124 cm³/mol. The van der Waals surface area contributed by atoms with Crippen LogP contribution in [0.2, 0.25) is 5.02 Å². The van der Waals surface area contributed by atoms with Gasteiger partial charge in [0, 0.05) is 18.6 Å². The molecule has 0 fully saturated rings. The van der Waals surface area contributed by atoms with Crippen LogP contribution >= 0.6 is 11.6 Å². The summed E-state index contributed by atoms with van der Waals surface area (Å²) in [5.41, 5.74) is 2.01. The van der Waals surface area contributed by atoms with Crippen LogP contribution in [-0.2, 0) is 26.0 Å². The second-order valence-electron chi connectivity index (χ2n) is 7.31. The quantitative estimate of drug-likeness (QED) is 0.616. The number of aryl methyl sites for hydroxylation is 1. The summed E-state index contributed by atoms with van der Waals surface area (Å²) in [6.07, 6.45) is 1.57. The molecule has 0 aliphatic heterocycles. The number of benzene rings is 2. The number of carbonyl (C=O) groups excluding carboxylic acids is 2. The average molecular weight is 466 g/mol. The van der Waals surface area contributed by atoms with Crippen LogP contribution in [0.15, 0.2) is 48.5 Å². The Morgan fingerprint density at radius 3 is 2.35 bits per heavy atom. The number of anilines is 1. The fourth-order valence-electron chi connectivity index (χ4n) is 3.22. The first-order valence-electron chi connectivity index (χ1n) is 9.83. The van der Waals surface area contributed by atoms with Gasteiger partial charge in [-0.15, -0.1) is 0 Å². The molecule has 0 saturated heterocycles. The minimum absolute atomic E-state index is 0.267. The van der Waals surface area contributed by atoms with Crippen LogP contribution in [-0.4, -0.2) is 57.6 Å². The van der Waals surface area contributed by atoms with Gasteiger partial charge in [0.2, 0.25) is 21.8 Å². The Kier molecular flexibility index (Phi) is 8.47. The summed E-state index contributed by atoms with van der Waals surface area (Å²) >= 11 is 6.07. The largest absolute Gasteiger partial charge is 0.357 e. The van der Waals surface area contributed by atoms with Crippen molar-refractivity contribution in [1.29, 1.82) is 0 Å². The lowest BCUT2D eigenvalue weighted by atomic mass is 10.1. The molecule has 1 atom stereocenters. The van der Waals surface area contributed by atoms with Crippen molar-refractivity contribution in [2.75, 3.05) is 30.7 Å². The van der Waals surface area contributed by atoms with E-state index in [0.717, 1.165) is 16.1 Å². The summed E-state index contributed by atoms with van der Waals surface area (Å²) in [5.74, 6) is -0.803. The van der Waals surface area contributed by atoms with Crippen molar-refractivity contribution in [2.45, 2.75) is 26.3 Å². The maximum absolute atomic E-state index is 13.3. The Hall–Kier alpha value is -2.58. The van der Waals surface area contributed by atoms with Gasteiger partial charge in [0.15, 0.2) is 0 Å². The van der Waals surface area contributed by atoms with Crippen molar-refractivity contribution in [3.05, 3.63) is 64.7 Å². The van der Waals surface area contributed by atoms with E-state index in [0.29, 0.717) is 22.7 Å². The number of sulfonamides is 1. The normalized spacial score (nSPS) is 12.2. The van der Waals surface area contributed by atoms with Crippen LogP contribution in [0.3, 0.4) is 0 Å². The molecular formula is C22H28ClN3O4S. The van der Waals surface area contributed by atoms with E-state index in [1.165, 1.54) is 18.0 Å². The van der Waals surface area contributed by atoms with Crippen LogP contribution in [0.1, 0.15) is 18.1 Å². The Bertz CT molecular complexity index is 1030. The molecule has 0 spiro atoms. The molecule has 1 N–H and O–H groups in total. The number of amides is 2. The Morgan fingerprint density at radius 1 is 1.13 bits per heavy atom. The molecule has 2 amide bonds. The fourth-order valence-corrected chi connectivity index (χ4v) is 4.29. The third-order valence-corrected chi connectivity index (χ3v) is 6.38. The number of nitrogens with zero attached hydrogens (tertiary/aromatic N) is 2. The van der Waals surface area contributed by atoms with Crippen LogP contribution in [0.25, 0.3) is 0 Å². The van der Waals surface area contributed by atoms with Gasteiger partial charge in [-0.25, -0.2) is 8.42 Å². The SMILES string of the molecule is CNC(=O)[C@@H](C)N(CCc1ccccc1)C(=O)CN(c1cc(Cl)ccc1C)S(C)(=O)=O. The van der Waals surface area contributed by atoms with E-state index in [4.69, 9.17) is 11.6 Å². The van der Waals surface area contributed by atoms with Gasteiger partial charge in [-0.1, -0.05) is 48.0 Å². The topological polar surface area (TPSA) is 86.8 Å². The molecular weight excluding hydrogens is 438 g/mol. The molecule has 0 radical (unpaired) electrons. The van der Waals surface area contributed by atoms with Crippen molar-refractivity contribution < 1.29 is 18.0 Å². The number of rotatable bonds is 9. The zero-order valence-electron chi connectivity index (χ0n) is 18.1. The lowest BCUT2D eigenvalue weighted by Gasteiger charge is -2.31. The predicted octanol–water partition coefficient (Wildman–Crippen LogP) is 2.62. The number of hydrogen-bond donors (Lipinski definition) is 1. The molecule has 168 valence electrons.